The maximum absolute atomic E-state index is 12.0. The van der Waals surface area contributed by atoms with E-state index in [9.17, 15) is 15.2 Å². The van der Waals surface area contributed by atoms with Crippen LogP contribution >= 0.6 is 0 Å². The minimum Gasteiger partial charge on any atom is -0.508 e. The molecule has 31 heavy (non-hydrogen) atoms. The molecule has 7 heteroatoms. The molecule has 156 valence electrons. The van der Waals surface area contributed by atoms with Crippen molar-refractivity contribution in [2.45, 2.75) is 6.92 Å². The number of benzene rings is 3. The molecule has 4 rings (SSSR count). The minimum absolute atomic E-state index is 0.0247. The van der Waals surface area contributed by atoms with Gasteiger partial charge in [-0.2, -0.15) is 0 Å². The van der Waals surface area contributed by atoms with Crippen molar-refractivity contribution in [1.82, 2.24) is 4.57 Å². The number of hydrogen-bond donors (Lipinski definition) is 2. The first-order valence-electron chi connectivity index (χ1n) is 9.64. The number of ether oxygens (including phenoxy) is 1. The summed E-state index contributed by atoms with van der Waals surface area (Å²) in [6, 6.07) is 19.6. The van der Waals surface area contributed by atoms with Crippen LogP contribution in [0.25, 0.3) is 22.7 Å². The summed E-state index contributed by atoms with van der Waals surface area (Å²) < 4.78 is 6.93. The number of aromatic nitrogens is 1. The van der Waals surface area contributed by atoms with Gasteiger partial charge >= 0.3 is 5.69 Å². The van der Waals surface area contributed by atoms with Gasteiger partial charge in [-0.25, -0.2) is 0 Å². The van der Waals surface area contributed by atoms with E-state index in [4.69, 9.17) is 4.74 Å². The van der Waals surface area contributed by atoms with Gasteiger partial charge < -0.3 is 19.7 Å². The number of fused-ring (bicyclic) bond motifs is 1. The highest BCUT2D eigenvalue weighted by atomic mass is 16.6. The van der Waals surface area contributed by atoms with Gasteiger partial charge in [0.15, 0.2) is 0 Å². The highest BCUT2D eigenvalue weighted by Crippen LogP contribution is 2.38. The molecule has 0 saturated heterocycles. The molecule has 0 aliphatic carbocycles. The van der Waals surface area contributed by atoms with Crippen LogP contribution in [-0.4, -0.2) is 21.7 Å². The smallest absolute Gasteiger partial charge is 0.302 e. The topological polar surface area (TPSA) is 89.6 Å². The molecule has 0 fully saturated rings. The molecule has 0 spiro atoms. The summed E-state index contributed by atoms with van der Waals surface area (Å²) in [7, 11) is 1.60. The molecule has 0 aliphatic heterocycles. The maximum atomic E-state index is 12.0. The van der Waals surface area contributed by atoms with E-state index in [1.165, 1.54) is 12.1 Å². The highest BCUT2D eigenvalue weighted by molar-refractivity contribution is 5.96. The monoisotopic (exact) mass is 415 g/mol. The Labute approximate surface area is 179 Å². The molecule has 2 N–H and O–H groups in total. The van der Waals surface area contributed by atoms with Crippen molar-refractivity contribution in [3.8, 4) is 17.2 Å². The number of nitrogens with one attached hydrogen (secondary N) is 1. The molecule has 0 bridgehead atoms. The summed E-state index contributed by atoms with van der Waals surface area (Å²) in [6.07, 6.45) is 3.33. The fourth-order valence-electron chi connectivity index (χ4n) is 3.50. The minimum atomic E-state index is -0.392. The van der Waals surface area contributed by atoms with E-state index < -0.39 is 4.92 Å². The number of phenolic OH excluding ortho intramolecular Hbond substituents is 1. The van der Waals surface area contributed by atoms with E-state index in [1.807, 2.05) is 55.5 Å². The molecule has 0 unspecified atom stereocenters. The molecular weight excluding hydrogens is 394 g/mol. The van der Waals surface area contributed by atoms with E-state index in [1.54, 1.807) is 30.0 Å². The quantitative estimate of drug-likeness (QED) is 0.314. The molecule has 0 atom stereocenters. The fourth-order valence-corrected chi connectivity index (χ4v) is 3.50. The zero-order valence-corrected chi connectivity index (χ0v) is 17.1. The summed E-state index contributed by atoms with van der Waals surface area (Å²) in [5.41, 5.74) is 3.59. The van der Waals surface area contributed by atoms with Gasteiger partial charge in [0.1, 0.15) is 17.2 Å². The van der Waals surface area contributed by atoms with Crippen LogP contribution in [0.15, 0.2) is 72.9 Å². The number of aromatic hydroxyl groups is 1. The number of hydrogen-bond acceptors (Lipinski definition) is 5. The van der Waals surface area contributed by atoms with Crippen molar-refractivity contribution in [2.75, 3.05) is 12.4 Å². The maximum Gasteiger partial charge on any atom is 0.302 e. The molecular formula is C24H21N3O4. The number of nitro groups is 1. The first kappa shape index (κ1) is 20.0. The van der Waals surface area contributed by atoms with Crippen LogP contribution < -0.4 is 10.1 Å². The van der Waals surface area contributed by atoms with Gasteiger partial charge in [-0.15, -0.1) is 0 Å². The SMILES string of the molecule is COc1ccc(N/C=C\c2c([N+](=O)[O-])c3ccc(O)cc3n2-c2ccc(C)cc2)cc1. The average molecular weight is 415 g/mol. The number of rotatable bonds is 6. The van der Waals surface area contributed by atoms with Crippen molar-refractivity contribution >= 4 is 28.4 Å². The van der Waals surface area contributed by atoms with Crippen LogP contribution in [0.5, 0.6) is 11.5 Å². The summed E-state index contributed by atoms with van der Waals surface area (Å²) in [5, 5.41) is 25.6. The van der Waals surface area contributed by atoms with Crippen LogP contribution in [-0.2, 0) is 0 Å². The van der Waals surface area contributed by atoms with Crippen LogP contribution in [0.3, 0.4) is 0 Å². The van der Waals surface area contributed by atoms with E-state index in [0.29, 0.717) is 16.6 Å². The van der Waals surface area contributed by atoms with E-state index in [-0.39, 0.29) is 11.4 Å². The summed E-state index contributed by atoms with van der Waals surface area (Å²) >= 11 is 0. The predicted octanol–water partition coefficient (Wildman–Crippen LogP) is 5.64. The highest BCUT2D eigenvalue weighted by Gasteiger charge is 2.25. The Bertz CT molecular complexity index is 1270. The van der Waals surface area contributed by atoms with Gasteiger partial charge in [-0.05, 0) is 61.5 Å². The Morgan fingerprint density at radius 2 is 1.77 bits per heavy atom. The first-order valence-corrected chi connectivity index (χ1v) is 9.64. The van der Waals surface area contributed by atoms with Gasteiger partial charge in [0.2, 0.25) is 0 Å². The van der Waals surface area contributed by atoms with Gasteiger partial charge in [0.05, 0.1) is 22.9 Å². The lowest BCUT2D eigenvalue weighted by Crippen LogP contribution is -1.99. The normalized spacial score (nSPS) is 11.2. The molecule has 0 saturated carbocycles. The van der Waals surface area contributed by atoms with Crippen LogP contribution in [0.2, 0.25) is 0 Å². The molecule has 0 aliphatic rings. The second-order valence-corrected chi connectivity index (χ2v) is 7.07. The molecule has 1 aromatic heterocycles. The summed E-state index contributed by atoms with van der Waals surface area (Å²) in [5.74, 6) is 0.782. The zero-order valence-electron chi connectivity index (χ0n) is 17.1. The van der Waals surface area contributed by atoms with Gasteiger partial charge in [-0.3, -0.25) is 10.1 Å². The summed E-state index contributed by atoms with van der Waals surface area (Å²) in [6.45, 7) is 1.98. The average Bonchev–Trinajstić information content (AvgIpc) is 3.08. The third-order valence-electron chi connectivity index (χ3n) is 5.02. The number of phenols is 1. The molecule has 3 aromatic carbocycles. The fraction of sp³-hybridized carbons (Fsp3) is 0.0833. The number of nitrogens with zero attached hydrogens (tertiary/aromatic N) is 2. The van der Waals surface area contributed by atoms with Crippen molar-refractivity contribution in [2.24, 2.45) is 0 Å². The Kier molecular flexibility index (Phi) is 5.32. The summed E-state index contributed by atoms with van der Waals surface area (Å²) in [4.78, 5) is 11.6. The lowest BCUT2D eigenvalue weighted by atomic mass is 10.2. The lowest BCUT2D eigenvalue weighted by Gasteiger charge is -2.09. The third-order valence-corrected chi connectivity index (χ3v) is 5.02. The lowest BCUT2D eigenvalue weighted by molar-refractivity contribution is -0.383. The second-order valence-electron chi connectivity index (χ2n) is 7.07. The van der Waals surface area contributed by atoms with Crippen molar-refractivity contribution < 1.29 is 14.8 Å². The molecule has 7 nitrogen and oxygen atoms in total. The van der Waals surface area contributed by atoms with Crippen molar-refractivity contribution in [3.63, 3.8) is 0 Å². The Morgan fingerprint density at radius 3 is 2.42 bits per heavy atom. The molecule has 0 amide bonds. The van der Waals surface area contributed by atoms with Crippen molar-refractivity contribution in [3.05, 3.63) is 94.3 Å². The number of anilines is 1. The van der Waals surface area contributed by atoms with Crippen LogP contribution in [0.1, 0.15) is 11.3 Å². The Hall–Kier alpha value is -4.26. The van der Waals surface area contributed by atoms with Gasteiger partial charge in [0.25, 0.3) is 0 Å². The standard InChI is InChI=1S/C24H21N3O4/c1-16-3-7-18(8-4-16)26-22(13-14-25-17-5-10-20(31-2)11-6-17)24(27(29)30)21-12-9-19(28)15-23(21)26/h3-15,25,28H,1-2H3/b14-13-. The van der Waals surface area contributed by atoms with E-state index >= 15 is 0 Å². The van der Waals surface area contributed by atoms with E-state index in [2.05, 4.69) is 5.32 Å². The predicted molar refractivity (Wildman–Crippen MR) is 122 cm³/mol. The molecule has 1 heterocycles. The second kappa shape index (κ2) is 8.23. The van der Waals surface area contributed by atoms with E-state index in [0.717, 1.165) is 22.7 Å². The Morgan fingerprint density at radius 1 is 1.06 bits per heavy atom. The third kappa shape index (κ3) is 3.93. The Balaban J connectivity index is 1.85. The first-order chi connectivity index (χ1) is 15.0. The number of aryl methyl sites for hydroxylation is 1. The van der Waals surface area contributed by atoms with Crippen LogP contribution in [0.4, 0.5) is 11.4 Å². The van der Waals surface area contributed by atoms with Crippen LogP contribution in [0, 0.1) is 17.0 Å². The number of methoxy groups -OCH3 is 1. The van der Waals surface area contributed by atoms with Gasteiger partial charge in [-0.1, -0.05) is 17.7 Å². The van der Waals surface area contributed by atoms with Gasteiger partial charge in [0, 0.05) is 23.6 Å². The van der Waals surface area contributed by atoms with Crippen molar-refractivity contribution in [1.29, 1.82) is 0 Å². The molecule has 0 radical (unpaired) electrons. The molecule has 4 aromatic rings. The largest absolute Gasteiger partial charge is 0.508 e. The zero-order chi connectivity index (χ0) is 22.0.